The van der Waals surface area contributed by atoms with E-state index in [2.05, 4.69) is 26.1 Å². The minimum atomic E-state index is -0.505. The lowest BCUT2D eigenvalue weighted by Crippen LogP contribution is -2.21. The Hall–Kier alpha value is -2.82. The minimum absolute atomic E-state index is 0.0630. The van der Waals surface area contributed by atoms with Crippen molar-refractivity contribution in [3.63, 3.8) is 0 Å². The van der Waals surface area contributed by atoms with Crippen LogP contribution in [0.5, 0.6) is 5.75 Å². The summed E-state index contributed by atoms with van der Waals surface area (Å²) in [6.45, 7) is 6.25. The van der Waals surface area contributed by atoms with Crippen molar-refractivity contribution in [1.82, 2.24) is 0 Å². The summed E-state index contributed by atoms with van der Waals surface area (Å²) < 4.78 is 10.2. The zero-order valence-electron chi connectivity index (χ0n) is 15.0. The number of para-hydroxylation sites is 1. The molecule has 2 aromatic carbocycles. The molecule has 0 saturated heterocycles. The fourth-order valence-corrected chi connectivity index (χ4v) is 2.27. The first-order chi connectivity index (χ1) is 11.8. The van der Waals surface area contributed by atoms with Crippen LogP contribution in [0.1, 0.15) is 36.7 Å². The van der Waals surface area contributed by atoms with Crippen molar-refractivity contribution >= 4 is 17.6 Å². The number of anilines is 1. The quantitative estimate of drug-likeness (QED) is 0.841. The predicted octanol–water partition coefficient (Wildman–Crippen LogP) is 3.79. The Labute approximate surface area is 148 Å². The first-order valence-corrected chi connectivity index (χ1v) is 8.02. The fourth-order valence-electron chi connectivity index (χ4n) is 2.27. The molecule has 0 heterocycles. The molecule has 2 aromatic rings. The number of amides is 1. The van der Waals surface area contributed by atoms with Crippen LogP contribution in [-0.2, 0) is 14.9 Å². The van der Waals surface area contributed by atoms with Gasteiger partial charge in [-0.1, -0.05) is 45.0 Å². The van der Waals surface area contributed by atoms with Gasteiger partial charge in [0.15, 0.2) is 6.61 Å². The van der Waals surface area contributed by atoms with E-state index in [1.54, 1.807) is 24.3 Å². The normalized spacial score (nSPS) is 10.9. The number of methoxy groups -OCH3 is 1. The lowest BCUT2D eigenvalue weighted by Gasteiger charge is -2.19. The van der Waals surface area contributed by atoms with E-state index in [4.69, 9.17) is 9.47 Å². The van der Waals surface area contributed by atoms with Crippen LogP contribution in [0.15, 0.2) is 48.5 Å². The van der Waals surface area contributed by atoms with Crippen LogP contribution in [0, 0.1) is 0 Å². The van der Waals surface area contributed by atoms with E-state index in [0.717, 1.165) is 0 Å². The van der Waals surface area contributed by atoms with Crippen LogP contribution >= 0.6 is 0 Å². The van der Waals surface area contributed by atoms with Crippen LogP contribution < -0.4 is 10.1 Å². The van der Waals surface area contributed by atoms with E-state index in [1.165, 1.54) is 12.7 Å². The van der Waals surface area contributed by atoms with E-state index < -0.39 is 5.97 Å². The van der Waals surface area contributed by atoms with Gasteiger partial charge in [-0.3, -0.25) is 4.79 Å². The summed E-state index contributed by atoms with van der Waals surface area (Å²) in [4.78, 5) is 23.8. The van der Waals surface area contributed by atoms with Crippen molar-refractivity contribution in [3.05, 3.63) is 59.7 Å². The van der Waals surface area contributed by atoms with Gasteiger partial charge < -0.3 is 14.8 Å². The van der Waals surface area contributed by atoms with Gasteiger partial charge in [0.2, 0.25) is 0 Å². The highest BCUT2D eigenvalue weighted by atomic mass is 16.5. The molecule has 0 fully saturated rings. The molecule has 0 spiro atoms. The summed E-state index contributed by atoms with van der Waals surface area (Å²) in [7, 11) is 1.30. The molecule has 0 bridgehead atoms. The monoisotopic (exact) mass is 341 g/mol. The van der Waals surface area contributed by atoms with Crippen molar-refractivity contribution in [2.24, 2.45) is 0 Å². The lowest BCUT2D eigenvalue weighted by molar-refractivity contribution is -0.118. The smallest absolute Gasteiger partial charge is 0.339 e. The highest BCUT2D eigenvalue weighted by Gasteiger charge is 2.15. The van der Waals surface area contributed by atoms with Crippen molar-refractivity contribution in [1.29, 1.82) is 0 Å². The lowest BCUT2D eigenvalue weighted by atomic mass is 9.87. The first-order valence-electron chi connectivity index (χ1n) is 8.02. The molecule has 0 aliphatic rings. The number of carbonyl (C=O) groups is 2. The maximum atomic E-state index is 12.1. The largest absolute Gasteiger partial charge is 0.484 e. The Balaban J connectivity index is 1.97. The zero-order chi connectivity index (χ0) is 18.4. The zero-order valence-corrected chi connectivity index (χ0v) is 15.0. The molecule has 0 radical (unpaired) electrons. The topological polar surface area (TPSA) is 64.6 Å². The second-order valence-corrected chi connectivity index (χ2v) is 6.65. The molecule has 132 valence electrons. The maximum Gasteiger partial charge on any atom is 0.339 e. The summed E-state index contributed by atoms with van der Waals surface area (Å²) in [6, 6.07) is 14.3. The number of hydrogen-bond donors (Lipinski definition) is 1. The minimum Gasteiger partial charge on any atom is -0.484 e. The average molecular weight is 341 g/mol. The molecule has 0 aliphatic heterocycles. The van der Waals surface area contributed by atoms with Crippen molar-refractivity contribution in [2.75, 3.05) is 19.0 Å². The highest BCUT2D eigenvalue weighted by Crippen LogP contribution is 2.24. The van der Waals surface area contributed by atoms with Gasteiger partial charge in [-0.2, -0.15) is 0 Å². The third-order valence-corrected chi connectivity index (χ3v) is 3.70. The molecule has 0 aliphatic carbocycles. The predicted molar refractivity (Wildman–Crippen MR) is 97.0 cm³/mol. The molecule has 0 aromatic heterocycles. The van der Waals surface area contributed by atoms with Crippen LogP contribution in [0.25, 0.3) is 0 Å². The number of hydrogen-bond acceptors (Lipinski definition) is 4. The number of esters is 1. The second kappa shape index (κ2) is 7.83. The Bertz CT molecular complexity index is 745. The van der Waals surface area contributed by atoms with Gasteiger partial charge in [0, 0.05) is 0 Å². The summed E-state index contributed by atoms with van der Waals surface area (Å²) in [5, 5.41) is 2.67. The SMILES string of the molecule is COC(=O)c1ccccc1NC(=O)COc1ccc(C(C)(C)C)cc1. The van der Waals surface area contributed by atoms with E-state index in [9.17, 15) is 9.59 Å². The average Bonchev–Trinajstić information content (AvgIpc) is 2.59. The first kappa shape index (κ1) is 18.5. The summed E-state index contributed by atoms with van der Waals surface area (Å²) in [5.74, 6) is -0.241. The van der Waals surface area contributed by atoms with Crippen molar-refractivity contribution < 1.29 is 19.1 Å². The Morgan fingerprint density at radius 1 is 1.00 bits per heavy atom. The van der Waals surface area contributed by atoms with Crippen LogP contribution in [0.4, 0.5) is 5.69 Å². The van der Waals surface area contributed by atoms with E-state index >= 15 is 0 Å². The van der Waals surface area contributed by atoms with E-state index in [1.807, 2.05) is 24.3 Å². The van der Waals surface area contributed by atoms with Crippen molar-refractivity contribution in [2.45, 2.75) is 26.2 Å². The molecule has 5 heteroatoms. The van der Waals surface area contributed by atoms with Gasteiger partial charge in [-0.15, -0.1) is 0 Å². The number of carbonyl (C=O) groups excluding carboxylic acids is 2. The molecule has 1 amide bonds. The summed E-state index contributed by atoms with van der Waals surface area (Å²) in [5.41, 5.74) is 1.95. The van der Waals surface area contributed by atoms with Crippen molar-refractivity contribution in [3.8, 4) is 5.75 Å². The van der Waals surface area contributed by atoms with Gasteiger partial charge in [-0.05, 0) is 35.2 Å². The number of benzene rings is 2. The highest BCUT2D eigenvalue weighted by molar-refractivity contribution is 6.01. The van der Waals surface area contributed by atoms with E-state index in [0.29, 0.717) is 17.0 Å². The third-order valence-electron chi connectivity index (χ3n) is 3.70. The van der Waals surface area contributed by atoms with E-state index in [-0.39, 0.29) is 17.9 Å². The van der Waals surface area contributed by atoms with Gasteiger partial charge in [0.05, 0.1) is 18.4 Å². The molecule has 25 heavy (non-hydrogen) atoms. The van der Waals surface area contributed by atoms with Gasteiger partial charge >= 0.3 is 5.97 Å². The fraction of sp³-hybridized carbons (Fsp3) is 0.300. The number of nitrogens with one attached hydrogen (secondary N) is 1. The molecule has 0 unspecified atom stereocenters. The number of ether oxygens (including phenoxy) is 2. The van der Waals surface area contributed by atoms with Gasteiger partial charge in [-0.25, -0.2) is 4.79 Å². The van der Waals surface area contributed by atoms with Gasteiger partial charge in [0.25, 0.3) is 5.91 Å². The molecule has 0 saturated carbocycles. The summed E-state index contributed by atoms with van der Waals surface area (Å²) >= 11 is 0. The molecule has 1 N–H and O–H groups in total. The molecular weight excluding hydrogens is 318 g/mol. The number of rotatable bonds is 5. The molecule has 0 atom stereocenters. The molecular formula is C20H23NO4. The van der Waals surface area contributed by atoms with Crippen LogP contribution in [0.3, 0.4) is 0 Å². The summed E-state index contributed by atoms with van der Waals surface area (Å²) in [6.07, 6.45) is 0. The third kappa shape index (κ3) is 5.08. The second-order valence-electron chi connectivity index (χ2n) is 6.65. The van der Waals surface area contributed by atoms with Crippen LogP contribution in [0.2, 0.25) is 0 Å². The molecule has 2 rings (SSSR count). The van der Waals surface area contributed by atoms with Crippen LogP contribution in [-0.4, -0.2) is 25.6 Å². The maximum absolute atomic E-state index is 12.1. The Kier molecular flexibility index (Phi) is 5.80. The van der Waals surface area contributed by atoms with Gasteiger partial charge in [0.1, 0.15) is 5.75 Å². The Morgan fingerprint density at radius 2 is 1.64 bits per heavy atom. The molecule has 5 nitrogen and oxygen atoms in total. The Morgan fingerprint density at radius 3 is 2.24 bits per heavy atom. The standard InChI is InChI=1S/C20H23NO4/c1-20(2,3)14-9-11-15(12-10-14)25-13-18(22)21-17-8-6-5-7-16(17)19(23)24-4/h5-12H,13H2,1-4H3,(H,21,22).